The average molecular weight is 562 g/mol. The number of aromatic amines is 1. The Morgan fingerprint density at radius 1 is 0.975 bits per heavy atom. The second-order valence-corrected chi connectivity index (χ2v) is 10.8. The van der Waals surface area contributed by atoms with Crippen LogP contribution in [-0.2, 0) is 27.1 Å². The first-order valence-corrected chi connectivity index (χ1v) is 14.1. The van der Waals surface area contributed by atoms with E-state index in [9.17, 15) is 14.4 Å². The number of nitrogens with one attached hydrogen (secondary N) is 2. The number of carbonyl (C=O) groups excluding carboxylic acids is 3. The number of imidazole rings is 1. The molecule has 1 amide bonds. The number of carbonyl (C=O) groups is 3. The Labute approximate surface area is 235 Å². The summed E-state index contributed by atoms with van der Waals surface area (Å²) in [6.07, 6.45) is 4.82. The molecule has 10 heteroatoms. The number of methoxy groups -OCH3 is 2. The summed E-state index contributed by atoms with van der Waals surface area (Å²) in [7, 11) is 2.94. The Balaban J connectivity index is 1.29. The zero-order valence-corrected chi connectivity index (χ0v) is 23.5. The van der Waals surface area contributed by atoms with E-state index >= 15 is 0 Å². The molecule has 208 valence electrons. The fourth-order valence-electron chi connectivity index (χ4n) is 4.84. The maximum Gasteiger partial charge on any atom is 0.341 e. The summed E-state index contributed by atoms with van der Waals surface area (Å²) in [6.45, 7) is 1.51. The normalized spacial score (nSPS) is 14.0. The van der Waals surface area contributed by atoms with Gasteiger partial charge in [0.1, 0.15) is 16.6 Å². The fraction of sp³-hybridized carbons (Fsp3) is 0.333. The van der Waals surface area contributed by atoms with E-state index < -0.39 is 23.9 Å². The number of H-pyrrole nitrogens is 1. The monoisotopic (exact) mass is 561 g/mol. The van der Waals surface area contributed by atoms with Crippen LogP contribution in [-0.4, -0.2) is 48.1 Å². The first kappa shape index (κ1) is 27.4. The second kappa shape index (κ2) is 11.9. The van der Waals surface area contributed by atoms with E-state index in [4.69, 9.17) is 14.2 Å². The maximum atomic E-state index is 13.1. The molecule has 1 unspecified atom stereocenters. The predicted molar refractivity (Wildman–Crippen MR) is 153 cm³/mol. The van der Waals surface area contributed by atoms with E-state index in [1.807, 2.05) is 24.3 Å². The van der Waals surface area contributed by atoms with Crippen LogP contribution in [0.2, 0.25) is 0 Å². The van der Waals surface area contributed by atoms with Crippen LogP contribution in [0.3, 0.4) is 0 Å². The number of amides is 1. The summed E-state index contributed by atoms with van der Waals surface area (Å²) >= 11 is 1.40. The molecule has 1 aliphatic carbocycles. The van der Waals surface area contributed by atoms with Gasteiger partial charge in [-0.1, -0.05) is 12.8 Å². The summed E-state index contributed by atoms with van der Waals surface area (Å²) in [5.74, 6) is -0.231. The summed E-state index contributed by atoms with van der Waals surface area (Å²) in [4.78, 5) is 47.6. The molecule has 4 aromatic rings. The van der Waals surface area contributed by atoms with Crippen LogP contribution in [0.1, 0.15) is 63.8 Å². The Morgan fingerprint density at radius 3 is 2.45 bits per heavy atom. The number of rotatable bonds is 7. The molecule has 0 fully saturated rings. The van der Waals surface area contributed by atoms with Crippen LogP contribution in [0.4, 0.5) is 5.00 Å². The van der Waals surface area contributed by atoms with Gasteiger partial charge in [-0.15, -0.1) is 11.3 Å². The molecule has 0 radical (unpaired) electrons. The van der Waals surface area contributed by atoms with Gasteiger partial charge in [-0.2, -0.15) is 0 Å². The standard InChI is InChI=1S/C30H31N3O6S/c1-17(27(34)33-28-25(30(36)38-3)21-8-6-4-5-7-9-24(21)40-28)39-29(35)19-12-15-22-23(16-19)32-26(31-22)18-10-13-20(37-2)14-11-18/h10-17H,4-9H2,1-3H3,(H,31,32)(H,33,34). The number of benzene rings is 2. The van der Waals surface area contributed by atoms with Gasteiger partial charge in [0.2, 0.25) is 0 Å². The minimum Gasteiger partial charge on any atom is -0.497 e. The number of ether oxygens (including phenoxy) is 3. The van der Waals surface area contributed by atoms with Gasteiger partial charge in [0.25, 0.3) is 5.91 Å². The molecule has 1 aliphatic rings. The van der Waals surface area contributed by atoms with Crippen molar-refractivity contribution in [2.75, 3.05) is 19.5 Å². The van der Waals surface area contributed by atoms with Crippen LogP contribution >= 0.6 is 11.3 Å². The quantitative estimate of drug-likeness (QED) is 0.268. The van der Waals surface area contributed by atoms with Crippen molar-refractivity contribution in [3.63, 3.8) is 0 Å². The number of anilines is 1. The van der Waals surface area contributed by atoms with Gasteiger partial charge < -0.3 is 24.5 Å². The number of hydrogen-bond acceptors (Lipinski definition) is 8. The lowest BCUT2D eigenvalue weighted by Crippen LogP contribution is -2.30. The van der Waals surface area contributed by atoms with E-state index in [0.717, 1.165) is 60.3 Å². The van der Waals surface area contributed by atoms with Crippen molar-refractivity contribution >= 4 is 45.2 Å². The van der Waals surface area contributed by atoms with Crippen molar-refractivity contribution < 1.29 is 28.6 Å². The van der Waals surface area contributed by atoms with Crippen LogP contribution < -0.4 is 10.1 Å². The van der Waals surface area contributed by atoms with Crippen molar-refractivity contribution in [3.05, 3.63) is 64.0 Å². The van der Waals surface area contributed by atoms with Gasteiger partial charge in [0, 0.05) is 10.4 Å². The summed E-state index contributed by atoms with van der Waals surface area (Å²) in [6, 6.07) is 12.5. The highest BCUT2D eigenvalue weighted by Crippen LogP contribution is 2.37. The van der Waals surface area contributed by atoms with Crippen molar-refractivity contribution in [2.24, 2.45) is 0 Å². The van der Waals surface area contributed by atoms with Gasteiger partial charge in [0.05, 0.1) is 36.4 Å². The molecule has 5 rings (SSSR count). The molecule has 40 heavy (non-hydrogen) atoms. The Hall–Kier alpha value is -4.18. The first-order chi connectivity index (χ1) is 19.4. The molecular weight excluding hydrogens is 530 g/mol. The van der Waals surface area contributed by atoms with E-state index in [1.165, 1.54) is 25.4 Å². The highest BCUT2D eigenvalue weighted by molar-refractivity contribution is 7.17. The average Bonchev–Trinajstić information content (AvgIpc) is 3.53. The number of aromatic nitrogens is 2. The minimum atomic E-state index is -1.09. The third kappa shape index (κ3) is 5.72. The van der Waals surface area contributed by atoms with Crippen LogP contribution in [0, 0.1) is 0 Å². The highest BCUT2D eigenvalue weighted by atomic mass is 32.1. The number of hydrogen-bond donors (Lipinski definition) is 2. The zero-order chi connectivity index (χ0) is 28.2. The molecule has 0 aliphatic heterocycles. The summed E-state index contributed by atoms with van der Waals surface area (Å²) in [5.41, 5.74) is 3.88. The molecule has 2 N–H and O–H groups in total. The van der Waals surface area contributed by atoms with Crippen molar-refractivity contribution in [3.8, 4) is 17.1 Å². The maximum absolute atomic E-state index is 13.1. The Kier molecular flexibility index (Phi) is 8.16. The fourth-order valence-corrected chi connectivity index (χ4v) is 6.12. The third-order valence-corrected chi connectivity index (χ3v) is 8.24. The molecule has 1 atom stereocenters. The predicted octanol–water partition coefficient (Wildman–Crippen LogP) is 5.93. The largest absolute Gasteiger partial charge is 0.497 e. The van der Waals surface area contributed by atoms with Gasteiger partial charge >= 0.3 is 11.9 Å². The number of fused-ring (bicyclic) bond motifs is 2. The third-order valence-electron chi connectivity index (χ3n) is 7.03. The molecule has 0 saturated heterocycles. The number of esters is 2. The van der Waals surface area contributed by atoms with E-state index in [-0.39, 0.29) is 5.56 Å². The summed E-state index contributed by atoms with van der Waals surface area (Å²) in [5, 5.41) is 3.26. The first-order valence-electron chi connectivity index (χ1n) is 13.3. The zero-order valence-electron chi connectivity index (χ0n) is 22.7. The molecule has 2 aromatic heterocycles. The lowest BCUT2D eigenvalue weighted by molar-refractivity contribution is -0.123. The van der Waals surface area contributed by atoms with E-state index in [2.05, 4.69) is 15.3 Å². The van der Waals surface area contributed by atoms with Gasteiger partial charge in [-0.05, 0) is 80.6 Å². The van der Waals surface area contributed by atoms with Gasteiger partial charge in [-0.25, -0.2) is 14.6 Å². The Morgan fingerprint density at radius 2 is 1.73 bits per heavy atom. The molecule has 2 aromatic carbocycles. The smallest absolute Gasteiger partial charge is 0.341 e. The van der Waals surface area contributed by atoms with Crippen LogP contribution in [0.25, 0.3) is 22.4 Å². The SMILES string of the molecule is COC(=O)c1c(NC(=O)C(C)OC(=O)c2ccc3nc(-c4ccc(OC)cc4)[nH]c3c2)sc2c1CCCCCC2. The lowest BCUT2D eigenvalue weighted by atomic mass is 9.96. The number of aryl methyl sites for hydroxylation is 1. The Bertz CT molecular complexity index is 1560. The molecule has 9 nitrogen and oxygen atoms in total. The molecule has 2 heterocycles. The van der Waals surface area contributed by atoms with Crippen molar-refractivity contribution in [1.82, 2.24) is 9.97 Å². The lowest BCUT2D eigenvalue weighted by Gasteiger charge is -2.14. The topological polar surface area (TPSA) is 120 Å². The number of nitrogens with zero attached hydrogens (tertiary/aromatic N) is 1. The second-order valence-electron chi connectivity index (χ2n) is 9.70. The molecular formula is C30H31N3O6S. The summed E-state index contributed by atoms with van der Waals surface area (Å²) < 4.78 is 15.7. The minimum absolute atomic E-state index is 0.284. The van der Waals surface area contributed by atoms with Crippen molar-refractivity contribution in [2.45, 2.75) is 51.6 Å². The number of thiophene rings is 1. The highest BCUT2D eigenvalue weighted by Gasteiger charge is 2.28. The van der Waals surface area contributed by atoms with Crippen LogP contribution in [0.5, 0.6) is 5.75 Å². The van der Waals surface area contributed by atoms with E-state index in [0.29, 0.717) is 27.4 Å². The molecule has 0 saturated carbocycles. The molecule has 0 bridgehead atoms. The molecule has 0 spiro atoms. The van der Waals surface area contributed by atoms with Gasteiger partial charge in [0.15, 0.2) is 6.10 Å². The van der Waals surface area contributed by atoms with Gasteiger partial charge in [-0.3, -0.25) is 4.79 Å². The van der Waals surface area contributed by atoms with Crippen molar-refractivity contribution in [1.29, 1.82) is 0 Å². The van der Waals surface area contributed by atoms with Crippen LogP contribution in [0.15, 0.2) is 42.5 Å². The van der Waals surface area contributed by atoms with E-state index in [1.54, 1.807) is 25.3 Å².